The second-order valence-corrected chi connectivity index (χ2v) is 6.51. The van der Waals surface area contributed by atoms with Gasteiger partial charge >= 0.3 is 0 Å². The van der Waals surface area contributed by atoms with Crippen molar-refractivity contribution >= 4 is 19.7 Å². The summed E-state index contributed by atoms with van der Waals surface area (Å²) in [5.41, 5.74) is 0. The third-order valence-electron chi connectivity index (χ3n) is 2.64. The standard InChI is InChI=1S/C9H16ClNO2S/c1-7(2)11-6-4-5-9(11)8(3)14(10,12)13/h7,9H,3-6H2,1-2H3. The van der Waals surface area contributed by atoms with E-state index in [1.54, 1.807) is 0 Å². The molecule has 1 saturated heterocycles. The zero-order valence-electron chi connectivity index (χ0n) is 8.53. The largest absolute Gasteiger partial charge is 0.293 e. The van der Waals surface area contributed by atoms with Crippen molar-refractivity contribution in [2.24, 2.45) is 0 Å². The number of rotatable bonds is 3. The first kappa shape index (κ1) is 12.0. The fourth-order valence-electron chi connectivity index (χ4n) is 1.92. The van der Waals surface area contributed by atoms with E-state index in [-0.39, 0.29) is 10.9 Å². The number of likely N-dealkylation sites (tertiary alicyclic amines) is 1. The minimum atomic E-state index is -3.62. The molecular formula is C9H16ClNO2S. The average Bonchev–Trinajstić information content (AvgIpc) is 2.48. The molecule has 1 aliphatic rings. The van der Waals surface area contributed by atoms with Crippen molar-refractivity contribution in [1.82, 2.24) is 4.90 Å². The van der Waals surface area contributed by atoms with Crippen molar-refractivity contribution in [2.45, 2.75) is 38.8 Å². The van der Waals surface area contributed by atoms with Crippen LogP contribution in [-0.4, -0.2) is 31.9 Å². The van der Waals surface area contributed by atoms with Gasteiger partial charge in [-0.05, 0) is 33.2 Å². The van der Waals surface area contributed by atoms with Crippen LogP contribution in [0.1, 0.15) is 26.7 Å². The maximum absolute atomic E-state index is 11.1. The summed E-state index contributed by atoms with van der Waals surface area (Å²) in [7, 11) is 1.66. The quantitative estimate of drug-likeness (QED) is 0.704. The molecule has 0 aromatic heterocycles. The van der Waals surface area contributed by atoms with E-state index in [1.165, 1.54) is 0 Å². The van der Waals surface area contributed by atoms with Gasteiger partial charge in [0.1, 0.15) is 0 Å². The van der Waals surface area contributed by atoms with E-state index in [9.17, 15) is 8.42 Å². The highest BCUT2D eigenvalue weighted by Gasteiger charge is 2.33. The highest BCUT2D eigenvalue weighted by Crippen LogP contribution is 2.29. The Balaban J connectivity index is 2.83. The summed E-state index contributed by atoms with van der Waals surface area (Å²) in [6, 6.07) is 0.232. The molecule has 1 atom stereocenters. The van der Waals surface area contributed by atoms with E-state index in [2.05, 4.69) is 11.5 Å². The van der Waals surface area contributed by atoms with Gasteiger partial charge in [0.15, 0.2) is 0 Å². The van der Waals surface area contributed by atoms with E-state index in [1.807, 2.05) is 13.8 Å². The summed E-state index contributed by atoms with van der Waals surface area (Å²) in [5, 5.41) is 0. The number of hydrogen-bond acceptors (Lipinski definition) is 3. The Morgan fingerprint density at radius 1 is 1.57 bits per heavy atom. The van der Waals surface area contributed by atoms with Crippen LogP contribution in [-0.2, 0) is 9.05 Å². The van der Waals surface area contributed by atoms with Crippen LogP contribution in [0.4, 0.5) is 0 Å². The molecule has 0 aromatic carbocycles. The molecule has 0 N–H and O–H groups in total. The minimum absolute atomic E-state index is 0.0995. The van der Waals surface area contributed by atoms with E-state index in [0.717, 1.165) is 19.4 Å². The molecule has 0 bridgehead atoms. The van der Waals surface area contributed by atoms with Crippen LogP contribution >= 0.6 is 10.7 Å². The average molecular weight is 238 g/mol. The molecular weight excluding hydrogens is 222 g/mol. The van der Waals surface area contributed by atoms with Crippen LogP contribution in [0.3, 0.4) is 0 Å². The van der Waals surface area contributed by atoms with Crippen molar-refractivity contribution in [3.8, 4) is 0 Å². The maximum Gasteiger partial charge on any atom is 0.258 e. The van der Waals surface area contributed by atoms with Crippen LogP contribution in [0, 0.1) is 0 Å². The van der Waals surface area contributed by atoms with E-state index >= 15 is 0 Å². The molecule has 82 valence electrons. The Morgan fingerprint density at radius 2 is 2.14 bits per heavy atom. The van der Waals surface area contributed by atoms with Gasteiger partial charge < -0.3 is 0 Å². The molecule has 1 unspecified atom stereocenters. The first-order chi connectivity index (χ1) is 6.34. The van der Waals surface area contributed by atoms with Crippen molar-refractivity contribution in [2.75, 3.05) is 6.54 Å². The van der Waals surface area contributed by atoms with Gasteiger partial charge in [0, 0.05) is 22.8 Å². The second-order valence-electron chi connectivity index (χ2n) is 3.89. The van der Waals surface area contributed by atoms with Gasteiger partial charge in [0.05, 0.1) is 4.91 Å². The van der Waals surface area contributed by atoms with Gasteiger partial charge in [0.25, 0.3) is 9.05 Å². The summed E-state index contributed by atoms with van der Waals surface area (Å²) in [5.74, 6) is 0. The molecule has 0 spiro atoms. The van der Waals surface area contributed by atoms with Gasteiger partial charge in [-0.2, -0.15) is 0 Å². The fourth-order valence-corrected chi connectivity index (χ4v) is 2.80. The summed E-state index contributed by atoms with van der Waals surface area (Å²) in [6.07, 6.45) is 1.84. The summed E-state index contributed by atoms with van der Waals surface area (Å²) >= 11 is 0. The molecule has 1 rings (SSSR count). The highest BCUT2D eigenvalue weighted by molar-refractivity contribution is 8.16. The predicted octanol–water partition coefficient (Wildman–Crippen LogP) is 1.94. The Kier molecular flexibility index (Phi) is 3.61. The van der Waals surface area contributed by atoms with E-state index in [4.69, 9.17) is 10.7 Å². The molecule has 0 radical (unpaired) electrons. The van der Waals surface area contributed by atoms with Crippen molar-refractivity contribution in [3.63, 3.8) is 0 Å². The second kappa shape index (κ2) is 4.21. The van der Waals surface area contributed by atoms with Gasteiger partial charge in [0.2, 0.25) is 0 Å². The number of halogens is 1. The van der Waals surface area contributed by atoms with Gasteiger partial charge in [-0.25, -0.2) is 8.42 Å². The Labute approximate surface area is 90.2 Å². The van der Waals surface area contributed by atoms with Crippen LogP contribution in [0.25, 0.3) is 0 Å². The molecule has 1 aliphatic heterocycles. The van der Waals surface area contributed by atoms with Crippen LogP contribution in [0.2, 0.25) is 0 Å². The SMILES string of the molecule is C=C(C1CCCN1C(C)C)S(=O)(=O)Cl. The van der Waals surface area contributed by atoms with E-state index in [0.29, 0.717) is 6.04 Å². The molecule has 0 amide bonds. The smallest absolute Gasteiger partial charge is 0.258 e. The number of nitrogens with zero attached hydrogens (tertiary/aromatic N) is 1. The lowest BCUT2D eigenvalue weighted by Crippen LogP contribution is -2.37. The maximum atomic E-state index is 11.1. The summed E-state index contributed by atoms with van der Waals surface area (Å²) in [4.78, 5) is 2.27. The molecule has 0 aliphatic carbocycles. The van der Waals surface area contributed by atoms with Crippen molar-refractivity contribution in [3.05, 3.63) is 11.5 Å². The zero-order valence-corrected chi connectivity index (χ0v) is 10.1. The lowest BCUT2D eigenvalue weighted by atomic mass is 10.2. The molecule has 0 aromatic rings. The van der Waals surface area contributed by atoms with Crippen molar-refractivity contribution < 1.29 is 8.42 Å². The first-order valence-electron chi connectivity index (χ1n) is 4.73. The normalized spacial score (nSPS) is 24.4. The number of hydrogen-bond donors (Lipinski definition) is 0. The molecule has 3 nitrogen and oxygen atoms in total. The first-order valence-corrected chi connectivity index (χ1v) is 7.04. The van der Waals surface area contributed by atoms with Crippen LogP contribution in [0.5, 0.6) is 0 Å². The molecule has 0 saturated carbocycles. The Hall–Kier alpha value is -0.0600. The Morgan fingerprint density at radius 3 is 2.57 bits per heavy atom. The molecule has 5 heteroatoms. The Bertz CT molecular complexity index is 324. The van der Waals surface area contributed by atoms with Crippen LogP contribution < -0.4 is 0 Å². The third-order valence-corrected chi connectivity index (χ3v) is 4.14. The van der Waals surface area contributed by atoms with Crippen molar-refractivity contribution in [1.29, 1.82) is 0 Å². The zero-order chi connectivity index (χ0) is 10.9. The third kappa shape index (κ3) is 2.49. The highest BCUT2D eigenvalue weighted by atomic mass is 35.7. The van der Waals surface area contributed by atoms with Crippen LogP contribution in [0.15, 0.2) is 11.5 Å². The predicted molar refractivity (Wildman–Crippen MR) is 58.8 cm³/mol. The van der Waals surface area contributed by atoms with E-state index < -0.39 is 9.05 Å². The monoisotopic (exact) mass is 237 g/mol. The van der Waals surface area contributed by atoms with Gasteiger partial charge in [-0.1, -0.05) is 6.58 Å². The van der Waals surface area contributed by atoms with Gasteiger partial charge in [-0.15, -0.1) is 0 Å². The molecule has 14 heavy (non-hydrogen) atoms. The topological polar surface area (TPSA) is 37.4 Å². The molecule has 1 fully saturated rings. The minimum Gasteiger partial charge on any atom is -0.293 e. The lowest BCUT2D eigenvalue weighted by Gasteiger charge is -2.28. The fraction of sp³-hybridized carbons (Fsp3) is 0.778. The summed E-state index contributed by atoms with van der Waals surface area (Å²) in [6.45, 7) is 8.60. The van der Waals surface area contributed by atoms with Gasteiger partial charge in [-0.3, -0.25) is 4.90 Å². The summed E-state index contributed by atoms with van der Waals surface area (Å²) < 4.78 is 22.3. The lowest BCUT2D eigenvalue weighted by molar-refractivity contribution is 0.231. The molecule has 1 heterocycles.